The second-order valence-electron chi connectivity index (χ2n) is 8.48. The van der Waals surface area contributed by atoms with E-state index in [2.05, 4.69) is 76.8 Å². The Morgan fingerprint density at radius 1 is 1.10 bits per heavy atom. The van der Waals surface area contributed by atoms with Crippen molar-refractivity contribution >= 4 is 9.24 Å². The van der Waals surface area contributed by atoms with E-state index in [1.807, 2.05) is 0 Å². The van der Waals surface area contributed by atoms with Crippen LogP contribution in [0.2, 0.25) is 0 Å². The summed E-state index contributed by atoms with van der Waals surface area (Å²) in [6.07, 6.45) is 7.87. The number of rotatable bonds is 4. The molecule has 0 N–H and O–H groups in total. The maximum atomic E-state index is 6.43. The van der Waals surface area contributed by atoms with Gasteiger partial charge in [-0.25, -0.2) is 0 Å². The zero-order valence-corrected chi connectivity index (χ0v) is 16.5. The van der Waals surface area contributed by atoms with Crippen molar-refractivity contribution in [2.24, 2.45) is 16.7 Å². The largest absolute Gasteiger partial charge is 0.484 e. The SMILES string of the molecule is CCC(P)(CC)OC1=CCC(C(C)(C)C)C=C1C(C)(C)C. The third kappa shape index (κ3) is 4.85. The van der Waals surface area contributed by atoms with Gasteiger partial charge in [0.15, 0.2) is 0 Å². The lowest BCUT2D eigenvalue weighted by Gasteiger charge is -2.39. The van der Waals surface area contributed by atoms with Crippen molar-refractivity contribution in [3.05, 3.63) is 23.5 Å². The molecule has 0 amide bonds. The molecule has 0 aromatic heterocycles. The minimum Gasteiger partial charge on any atom is -0.484 e. The summed E-state index contributed by atoms with van der Waals surface area (Å²) in [6, 6.07) is 0. The molecule has 1 aliphatic rings. The van der Waals surface area contributed by atoms with Gasteiger partial charge in [0.2, 0.25) is 0 Å². The summed E-state index contributed by atoms with van der Waals surface area (Å²) in [4.78, 5) is 0. The maximum absolute atomic E-state index is 6.43. The molecule has 0 radical (unpaired) electrons. The van der Waals surface area contributed by atoms with Crippen LogP contribution in [0, 0.1) is 16.7 Å². The standard InChI is InChI=1S/C19H35OP/c1-9-19(21,10-2)20-16-12-11-14(17(3,4)5)13-15(16)18(6,7)8/h12-14H,9-11,21H2,1-8H3. The third-order valence-electron chi connectivity index (χ3n) is 4.62. The summed E-state index contributed by atoms with van der Waals surface area (Å²) in [7, 11) is 2.92. The van der Waals surface area contributed by atoms with Crippen LogP contribution in [0.5, 0.6) is 0 Å². The lowest BCUT2D eigenvalue weighted by Crippen LogP contribution is -2.29. The van der Waals surface area contributed by atoms with Gasteiger partial charge in [0.05, 0.1) is 0 Å². The van der Waals surface area contributed by atoms with Crippen LogP contribution in [0.4, 0.5) is 0 Å². The van der Waals surface area contributed by atoms with Crippen molar-refractivity contribution in [2.75, 3.05) is 0 Å². The van der Waals surface area contributed by atoms with Crippen molar-refractivity contribution in [3.8, 4) is 0 Å². The zero-order chi connectivity index (χ0) is 16.5. The Morgan fingerprint density at radius 2 is 1.62 bits per heavy atom. The quantitative estimate of drug-likeness (QED) is 0.552. The van der Waals surface area contributed by atoms with Crippen LogP contribution in [-0.4, -0.2) is 5.34 Å². The van der Waals surface area contributed by atoms with Gasteiger partial charge in [0.1, 0.15) is 11.1 Å². The first kappa shape index (κ1) is 18.8. The van der Waals surface area contributed by atoms with Gasteiger partial charge in [-0.2, -0.15) is 0 Å². The summed E-state index contributed by atoms with van der Waals surface area (Å²) in [5.41, 5.74) is 1.77. The van der Waals surface area contributed by atoms with Crippen molar-refractivity contribution in [3.63, 3.8) is 0 Å². The molecule has 1 aliphatic carbocycles. The average Bonchev–Trinajstić information content (AvgIpc) is 2.36. The molecule has 0 aromatic carbocycles. The summed E-state index contributed by atoms with van der Waals surface area (Å²) in [5.74, 6) is 1.68. The molecule has 2 heteroatoms. The molecule has 0 aromatic rings. The van der Waals surface area contributed by atoms with Crippen LogP contribution in [0.25, 0.3) is 0 Å². The second-order valence-corrected chi connectivity index (χ2v) is 9.53. The predicted molar refractivity (Wildman–Crippen MR) is 97.3 cm³/mol. The van der Waals surface area contributed by atoms with Gasteiger partial charge in [-0.15, -0.1) is 0 Å². The molecule has 0 fully saturated rings. The second kappa shape index (κ2) is 6.45. The van der Waals surface area contributed by atoms with Gasteiger partial charge in [0, 0.05) is 0 Å². The molecule has 1 nitrogen and oxygen atoms in total. The van der Waals surface area contributed by atoms with Crippen molar-refractivity contribution in [1.29, 1.82) is 0 Å². The van der Waals surface area contributed by atoms with Gasteiger partial charge in [-0.05, 0) is 47.7 Å². The Kier molecular flexibility index (Phi) is 5.76. The average molecular weight is 310 g/mol. The molecule has 0 aliphatic heterocycles. The van der Waals surface area contributed by atoms with Gasteiger partial charge in [-0.1, -0.05) is 70.7 Å². The molecular formula is C19H35OP. The fourth-order valence-electron chi connectivity index (χ4n) is 2.63. The normalized spacial score (nSPS) is 20.9. The third-order valence-corrected chi connectivity index (χ3v) is 5.56. The fourth-order valence-corrected chi connectivity index (χ4v) is 2.76. The molecule has 0 saturated heterocycles. The van der Waals surface area contributed by atoms with Crippen LogP contribution in [0.15, 0.2) is 23.5 Å². The number of ether oxygens (including phenoxy) is 1. The number of allylic oxidation sites excluding steroid dienone is 3. The highest BCUT2D eigenvalue weighted by atomic mass is 31.0. The number of hydrogen-bond acceptors (Lipinski definition) is 1. The summed E-state index contributed by atoms with van der Waals surface area (Å²) in [6.45, 7) is 18.2. The van der Waals surface area contributed by atoms with E-state index in [-0.39, 0.29) is 10.8 Å². The molecule has 122 valence electrons. The van der Waals surface area contributed by atoms with Gasteiger partial charge in [0.25, 0.3) is 0 Å². The molecule has 1 rings (SSSR count). The Labute approximate surface area is 134 Å². The minimum atomic E-state index is -0.134. The first-order valence-corrected chi connectivity index (χ1v) is 8.91. The van der Waals surface area contributed by atoms with Crippen molar-refractivity contribution < 1.29 is 4.74 Å². The molecule has 0 bridgehead atoms. The lowest BCUT2D eigenvalue weighted by atomic mass is 9.72. The van der Waals surface area contributed by atoms with E-state index in [0.29, 0.717) is 11.3 Å². The Balaban J connectivity index is 3.11. The van der Waals surface area contributed by atoms with Crippen LogP contribution in [0.1, 0.15) is 74.7 Å². The highest BCUT2D eigenvalue weighted by Gasteiger charge is 2.33. The monoisotopic (exact) mass is 310 g/mol. The Bertz CT molecular complexity index is 414. The lowest BCUT2D eigenvalue weighted by molar-refractivity contribution is 0.0736. The fraction of sp³-hybridized carbons (Fsp3) is 0.789. The summed E-state index contributed by atoms with van der Waals surface area (Å²) in [5, 5.41) is -0.134. The topological polar surface area (TPSA) is 9.23 Å². The molecule has 0 heterocycles. The van der Waals surface area contributed by atoms with Crippen LogP contribution in [-0.2, 0) is 4.74 Å². The first-order chi connectivity index (χ1) is 9.43. The molecule has 0 spiro atoms. The van der Waals surface area contributed by atoms with E-state index in [1.165, 1.54) is 5.57 Å². The van der Waals surface area contributed by atoms with E-state index >= 15 is 0 Å². The Hall–Kier alpha value is -0.290. The summed E-state index contributed by atoms with van der Waals surface area (Å²) >= 11 is 0. The predicted octanol–water partition coefficient (Wildman–Crippen LogP) is 6.32. The number of hydrogen-bond donors (Lipinski definition) is 0. The minimum absolute atomic E-state index is 0.114. The molecule has 2 unspecified atom stereocenters. The molecular weight excluding hydrogens is 275 g/mol. The van der Waals surface area contributed by atoms with E-state index < -0.39 is 0 Å². The van der Waals surface area contributed by atoms with Gasteiger partial charge in [-0.3, -0.25) is 0 Å². The van der Waals surface area contributed by atoms with Crippen LogP contribution < -0.4 is 0 Å². The van der Waals surface area contributed by atoms with E-state index in [0.717, 1.165) is 25.0 Å². The first-order valence-electron chi connectivity index (χ1n) is 8.33. The van der Waals surface area contributed by atoms with Crippen LogP contribution in [0.3, 0.4) is 0 Å². The summed E-state index contributed by atoms with van der Waals surface area (Å²) < 4.78 is 6.43. The van der Waals surface area contributed by atoms with Crippen molar-refractivity contribution in [1.82, 2.24) is 0 Å². The van der Waals surface area contributed by atoms with Crippen LogP contribution >= 0.6 is 9.24 Å². The highest BCUT2D eigenvalue weighted by molar-refractivity contribution is 7.18. The molecule has 2 atom stereocenters. The maximum Gasteiger partial charge on any atom is 0.121 e. The zero-order valence-electron chi connectivity index (χ0n) is 15.3. The van der Waals surface area contributed by atoms with E-state index in [4.69, 9.17) is 4.74 Å². The Morgan fingerprint density at radius 3 is 2.00 bits per heavy atom. The highest BCUT2D eigenvalue weighted by Crippen LogP contribution is 2.44. The van der Waals surface area contributed by atoms with Gasteiger partial charge < -0.3 is 4.74 Å². The molecule has 21 heavy (non-hydrogen) atoms. The van der Waals surface area contributed by atoms with Gasteiger partial charge >= 0.3 is 0 Å². The smallest absolute Gasteiger partial charge is 0.121 e. The van der Waals surface area contributed by atoms with E-state index in [9.17, 15) is 0 Å². The molecule has 0 saturated carbocycles. The van der Waals surface area contributed by atoms with E-state index in [1.54, 1.807) is 0 Å². The van der Waals surface area contributed by atoms with Crippen molar-refractivity contribution in [2.45, 2.75) is 80.0 Å².